The number of hydrogen-bond acceptors (Lipinski definition) is 3. The molecule has 0 spiro atoms. The van der Waals surface area contributed by atoms with Crippen LogP contribution < -0.4 is 5.73 Å². The molecule has 0 aromatic heterocycles. The van der Waals surface area contributed by atoms with Gasteiger partial charge in [-0.25, -0.2) is 0 Å². The number of nitrogens with two attached hydrogens (primary N) is 1. The Labute approximate surface area is 115 Å². The molecule has 1 heterocycles. The van der Waals surface area contributed by atoms with E-state index in [1.807, 2.05) is 18.7 Å². The van der Waals surface area contributed by atoms with Crippen molar-refractivity contribution in [2.45, 2.75) is 36.0 Å². The summed E-state index contributed by atoms with van der Waals surface area (Å²) in [5, 5.41) is 0.691. The third-order valence-corrected chi connectivity index (χ3v) is 4.95. The van der Waals surface area contributed by atoms with Gasteiger partial charge in [0.05, 0.1) is 0 Å². The van der Waals surface area contributed by atoms with Gasteiger partial charge >= 0.3 is 0 Å². The number of rotatable bonds is 3. The molecule has 1 atom stereocenters. The molecular formula is C13H18BrNOS. The molecule has 0 unspecified atom stereocenters. The first-order valence-corrected chi connectivity index (χ1v) is 7.63. The highest BCUT2D eigenvalue weighted by molar-refractivity contribution is 9.10. The van der Waals surface area contributed by atoms with Crippen molar-refractivity contribution in [3.63, 3.8) is 0 Å². The van der Waals surface area contributed by atoms with Crippen molar-refractivity contribution in [1.82, 2.24) is 0 Å². The van der Waals surface area contributed by atoms with Crippen LogP contribution in [-0.2, 0) is 4.74 Å². The normalized spacial score (nSPS) is 19.2. The van der Waals surface area contributed by atoms with E-state index < -0.39 is 0 Å². The summed E-state index contributed by atoms with van der Waals surface area (Å²) >= 11 is 5.54. The summed E-state index contributed by atoms with van der Waals surface area (Å²) in [7, 11) is 0. The molecule has 0 amide bonds. The van der Waals surface area contributed by atoms with E-state index in [0.717, 1.165) is 30.5 Å². The van der Waals surface area contributed by atoms with Crippen LogP contribution in [0.1, 0.15) is 31.4 Å². The zero-order chi connectivity index (χ0) is 12.3. The summed E-state index contributed by atoms with van der Waals surface area (Å²) in [5.41, 5.74) is 7.06. The molecule has 17 heavy (non-hydrogen) atoms. The largest absolute Gasteiger partial charge is 0.381 e. The highest BCUT2D eigenvalue weighted by atomic mass is 79.9. The molecule has 1 saturated heterocycles. The molecule has 0 aliphatic carbocycles. The van der Waals surface area contributed by atoms with E-state index in [2.05, 4.69) is 34.1 Å². The number of benzene rings is 1. The van der Waals surface area contributed by atoms with Crippen molar-refractivity contribution in [2.24, 2.45) is 5.73 Å². The Morgan fingerprint density at radius 1 is 1.41 bits per heavy atom. The predicted octanol–water partition coefficient (Wildman–Crippen LogP) is 3.74. The maximum Gasteiger partial charge on any atom is 0.0476 e. The fourth-order valence-electron chi connectivity index (χ4n) is 1.94. The highest BCUT2D eigenvalue weighted by Gasteiger charge is 2.15. The second-order valence-corrected chi connectivity index (χ2v) is 6.63. The van der Waals surface area contributed by atoms with Gasteiger partial charge in [0, 0.05) is 33.9 Å². The summed E-state index contributed by atoms with van der Waals surface area (Å²) in [6, 6.07) is 6.55. The van der Waals surface area contributed by atoms with Crippen molar-refractivity contribution < 1.29 is 4.74 Å². The maximum atomic E-state index is 5.90. The molecule has 1 aliphatic heterocycles. The van der Waals surface area contributed by atoms with Gasteiger partial charge in [0.15, 0.2) is 0 Å². The second-order valence-electron chi connectivity index (χ2n) is 4.40. The molecule has 2 nitrogen and oxygen atoms in total. The minimum absolute atomic E-state index is 0.0755. The van der Waals surface area contributed by atoms with Crippen LogP contribution >= 0.6 is 27.7 Å². The lowest BCUT2D eigenvalue weighted by Gasteiger charge is -2.21. The van der Waals surface area contributed by atoms with Gasteiger partial charge in [-0.2, -0.15) is 0 Å². The quantitative estimate of drug-likeness (QED) is 0.922. The average Bonchev–Trinajstić information content (AvgIpc) is 2.30. The van der Waals surface area contributed by atoms with E-state index in [1.165, 1.54) is 10.5 Å². The van der Waals surface area contributed by atoms with Crippen molar-refractivity contribution in [3.05, 3.63) is 28.2 Å². The number of hydrogen-bond donors (Lipinski definition) is 1. The lowest BCUT2D eigenvalue weighted by Crippen LogP contribution is -2.17. The fourth-order valence-corrected chi connectivity index (χ4v) is 3.97. The number of ether oxygens (including phenoxy) is 1. The van der Waals surface area contributed by atoms with Crippen LogP contribution in [0.15, 0.2) is 27.6 Å². The molecule has 0 bridgehead atoms. The number of halogens is 1. The third kappa shape index (κ3) is 3.71. The predicted molar refractivity (Wildman–Crippen MR) is 76.4 cm³/mol. The van der Waals surface area contributed by atoms with Crippen LogP contribution in [0, 0.1) is 0 Å². The van der Waals surface area contributed by atoms with E-state index >= 15 is 0 Å². The molecule has 4 heteroatoms. The highest BCUT2D eigenvalue weighted by Crippen LogP contribution is 2.33. The standard InChI is InChI=1S/C13H18BrNOS/c1-9(15)12-3-2-11(8-13(12)14)17-10-4-6-16-7-5-10/h2-3,8-10H,4-7,15H2,1H3/t9-/m1/s1. The number of thioether (sulfide) groups is 1. The van der Waals surface area contributed by atoms with Crippen LogP contribution in [0.5, 0.6) is 0 Å². The smallest absolute Gasteiger partial charge is 0.0476 e. The first kappa shape index (κ1) is 13.4. The minimum atomic E-state index is 0.0755. The van der Waals surface area contributed by atoms with Gasteiger partial charge in [0.2, 0.25) is 0 Å². The monoisotopic (exact) mass is 315 g/mol. The van der Waals surface area contributed by atoms with Gasteiger partial charge in [-0.3, -0.25) is 0 Å². The molecule has 1 fully saturated rings. The maximum absolute atomic E-state index is 5.90. The SMILES string of the molecule is C[C@@H](N)c1ccc(SC2CCOCC2)cc1Br. The fraction of sp³-hybridized carbons (Fsp3) is 0.538. The Kier molecular flexibility index (Phi) is 4.91. The van der Waals surface area contributed by atoms with Crippen LogP contribution in [0.2, 0.25) is 0 Å². The third-order valence-electron chi connectivity index (χ3n) is 2.93. The summed E-state index contributed by atoms with van der Waals surface area (Å²) < 4.78 is 6.49. The zero-order valence-corrected chi connectivity index (χ0v) is 12.4. The molecule has 1 aliphatic rings. The Morgan fingerprint density at radius 3 is 2.71 bits per heavy atom. The van der Waals surface area contributed by atoms with E-state index in [4.69, 9.17) is 10.5 Å². The Morgan fingerprint density at radius 2 is 2.12 bits per heavy atom. The average molecular weight is 316 g/mol. The van der Waals surface area contributed by atoms with E-state index in [0.29, 0.717) is 5.25 Å². The van der Waals surface area contributed by atoms with E-state index in [9.17, 15) is 0 Å². The van der Waals surface area contributed by atoms with Crippen LogP contribution in [0.4, 0.5) is 0 Å². The molecule has 2 rings (SSSR count). The second kappa shape index (κ2) is 6.23. The van der Waals surface area contributed by atoms with Crippen molar-refractivity contribution >= 4 is 27.7 Å². The summed E-state index contributed by atoms with van der Waals surface area (Å²) in [4.78, 5) is 1.31. The van der Waals surface area contributed by atoms with Crippen molar-refractivity contribution in [2.75, 3.05) is 13.2 Å². The van der Waals surface area contributed by atoms with Crippen molar-refractivity contribution in [3.8, 4) is 0 Å². The lowest BCUT2D eigenvalue weighted by atomic mass is 10.1. The summed E-state index contributed by atoms with van der Waals surface area (Å²) in [6.07, 6.45) is 2.30. The van der Waals surface area contributed by atoms with Crippen LogP contribution in [-0.4, -0.2) is 18.5 Å². The molecule has 1 aromatic carbocycles. The first-order valence-electron chi connectivity index (χ1n) is 5.96. The zero-order valence-electron chi connectivity index (χ0n) is 9.99. The Hall–Kier alpha value is -0.0300. The summed E-state index contributed by atoms with van der Waals surface area (Å²) in [6.45, 7) is 3.80. The van der Waals surface area contributed by atoms with Gasteiger partial charge in [-0.05, 0) is 37.5 Å². The Bertz CT molecular complexity index is 378. The molecular weight excluding hydrogens is 298 g/mol. The topological polar surface area (TPSA) is 35.2 Å². The van der Waals surface area contributed by atoms with E-state index in [1.54, 1.807) is 0 Å². The molecule has 1 aromatic rings. The van der Waals surface area contributed by atoms with Gasteiger partial charge in [0.1, 0.15) is 0 Å². The lowest BCUT2D eigenvalue weighted by molar-refractivity contribution is 0.100. The van der Waals surface area contributed by atoms with E-state index in [-0.39, 0.29) is 6.04 Å². The molecule has 0 saturated carbocycles. The van der Waals surface area contributed by atoms with Gasteiger partial charge in [-0.15, -0.1) is 11.8 Å². The van der Waals surface area contributed by atoms with Crippen LogP contribution in [0.25, 0.3) is 0 Å². The van der Waals surface area contributed by atoms with Gasteiger partial charge in [0.25, 0.3) is 0 Å². The molecule has 94 valence electrons. The first-order chi connectivity index (χ1) is 8.16. The van der Waals surface area contributed by atoms with Gasteiger partial charge < -0.3 is 10.5 Å². The van der Waals surface area contributed by atoms with Crippen molar-refractivity contribution in [1.29, 1.82) is 0 Å². The van der Waals surface area contributed by atoms with Gasteiger partial charge in [-0.1, -0.05) is 22.0 Å². The molecule has 0 radical (unpaired) electrons. The van der Waals surface area contributed by atoms with Crippen LogP contribution in [0.3, 0.4) is 0 Å². The Balaban J connectivity index is 2.04. The minimum Gasteiger partial charge on any atom is -0.381 e. The summed E-state index contributed by atoms with van der Waals surface area (Å²) in [5.74, 6) is 0. The molecule has 2 N–H and O–H groups in total.